The first kappa shape index (κ1) is 14.6. The molecule has 2 unspecified atom stereocenters. The molecular weight excluding hydrogens is 308 g/mol. The Balaban J connectivity index is 2.13. The predicted octanol–water partition coefficient (Wildman–Crippen LogP) is 3.00. The van der Waals surface area contributed by atoms with Crippen LogP contribution in [0.2, 0.25) is 0 Å². The van der Waals surface area contributed by atoms with E-state index in [0.717, 1.165) is 31.0 Å². The summed E-state index contributed by atoms with van der Waals surface area (Å²) in [5, 5.41) is 11.3. The zero-order valence-electron chi connectivity index (χ0n) is 11.6. The molecule has 0 radical (unpaired) electrons. The van der Waals surface area contributed by atoms with Crippen LogP contribution in [0.4, 0.5) is 0 Å². The Morgan fingerprint density at radius 2 is 2.38 bits per heavy atom. The largest absolute Gasteiger partial charge is 0.481 e. The van der Waals surface area contributed by atoms with Gasteiger partial charge in [0.1, 0.15) is 4.70 Å². The fourth-order valence-corrected chi connectivity index (χ4v) is 4.47. The van der Waals surface area contributed by atoms with Gasteiger partial charge in [-0.2, -0.15) is 0 Å². The van der Waals surface area contributed by atoms with Crippen molar-refractivity contribution in [2.24, 2.45) is 5.92 Å². The third-order valence-corrected chi connectivity index (χ3v) is 5.78. The van der Waals surface area contributed by atoms with E-state index in [1.165, 1.54) is 11.3 Å². The number of aromatic nitrogens is 2. The van der Waals surface area contributed by atoms with Crippen LogP contribution < -0.4 is 5.56 Å². The number of thioether (sulfide) groups is 1. The summed E-state index contributed by atoms with van der Waals surface area (Å²) >= 11 is 2.53. The normalized spacial score (nSPS) is 22.0. The summed E-state index contributed by atoms with van der Waals surface area (Å²) in [6.45, 7) is 2.15. The minimum Gasteiger partial charge on any atom is -0.481 e. The number of carboxylic acid groups (broad SMARTS) is 1. The first-order valence-corrected chi connectivity index (χ1v) is 8.79. The molecule has 0 spiro atoms. The first-order chi connectivity index (χ1) is 10.1. The number of carboxylic acids is 1. The molecule has 0 aromatic carbocycles. The molecule has 5 nitrogen and oxygen atoms in total. The molecular formula is C14H16N2O3S2. The van der Waals surface area contributed by atoms with Crippen LogP contribution in [0.3, 0.4) is 0 Å². The Labute approximate surface area is 130 Å². The Hall–Kier alpha value is -1.34. The van der Waals surface area contributed by atoms with Gasteiger partial charge in [-0.1, -0.05) is 25.1 Å². The fourth-order valence-electron chi connectivity index (χ4n) is 2.93. The summed E-state index contributed by atoms with van der Waals surface area (Å²) < 4.78 is 2.40. The minimum atomic E-state index is -0.898. The highest BCUT2D eigenvalue weighted by Crippen LogP contribution is 2.37. The van der Waals surface area contributed by atoms with E-state index >= 15 is 0 Å². The summed E-state index contributed by atoms with van der Waals surface area (Å²) in [5.74, 6) is -0.555. The highest BCUT2D eigenvalue weighted by Gasteiger charge is 2.29. The molecule has 1 saturated carbocycles. The molecule has 2 aromatic heterocycles. The van der Waals surface area contributed by atoms with E-state index in [4.69, 9.17) is 5.11 Å². The number of carbonyl (C=O) groups is 1. The average Bonchev–Trinajstić information content (AvgIpc) is 3.05. The van der Waals surface area contributed by atoms with Crippen LogP contribution >= 0.6 is 23.1 Å². The lowest BCUT2D eigenvalue weighted by molar-refractivity contribution is -0.133. The van der Waals surface area contributed by atoms with E-state index in [1.54, 1.807) is 4.57 Å². The lowest BCUT2D eigenvalue weighted by atomic mass is 10.1. The second kappa shape index (κ2) is 5.81. The van der Waals surface area contributed by atoms with E-state index in [-0.39, 0.29) is 17.4 Å². The lowest BCUT2D eigenvalue weighted by Crippen LogP contribution is -2.28. The van der Waals surface area contributed by atoms with Crippen LogP contribution in [0.5, 0.6) is 0 Å². The van der Waals surface area contributed by atoms with Crippen LogP contribution in [0, 0.1) is 5.92 Å². The quantitative estimate of drug-likeness (QED) is 0.691. The average molecular weight is 324 g/mol. The molecule has 1 aliphatic carbocycles. The van der Waals surface area contributed by atoms with Crippen molar-refractivity contribution in [1.82, 2.24) is 9.55 Å². The van der Waals surface area contributed by atoms with Gasteiger partial charge >= 0.3 is 5.97 Å². The summed E-state index contributed by atoms with van der Waals surface area (Å²) in [6, 6.07) is 1.95. The molecule has 21 heavy (non-hydrogen) atoms. The number of nitrogens with zero attached hydrogens (tertiary/aromatic N) is 2. The van der Waals surface area contributed by atoms with E-state index in [1.807, 2.05) is 11.4 Å². The number of aliphatic carboxylic acids is 1. The first-order valence-electron chi connectivity index (χ1n) is 6.92. The molecule has 1 N–H and O–H groups in total. The molecule has 7 heteroatoms. The van der Waals surface area contributed by atoms with Gasteiger partial charge in [0.15, 0.2) is 5.16 Å². The summed E-state index contributed by atoms with van der Waals surface area (Å²) in [7, 11) is 0. The Morgan fingerprint density at radius 1 is 1.57 bits per heavy atom. The topological polar surface area (TPSA) is 72.2 Å². The molecule has 112 valence electrons. The van der Waals surface area contributed by atoms with E-state index in [9.17, 15) is 9.59 Å². The molecule has 2 aromatic rings. The molecule has 2 atom stereocenters. The molecule has 1 fully saturated rings. The van der Waals surface area contributed by atoms with Crippen molar-refractivity contribution in [2.75, 3.05) is 5.75 Å². The SMILES string of the molecule is CC1CCCC1n1c(SCC(=O)O)nc2ccsc2c1=O. The van der Waals surface area contributed by atoms with Gasteiger partial charge in [-0.25, -0.2) is 4.98 Å². The van der Waals surface area contributed by atoms with Gasteiger partial charge in [-0.05, 0) is 30.2 Å². The zero-order valence-corrected chi connectivity index (χ0v) is 13.2. The minimum absolute atomic E-state index is 0.0263. The molecule has 0 aliphatic heterocycles. The van der Waals surface area contributed by atoms with Gasteiger partial charge < -0.3 is 5.11 Å². The molecule has 0 amide bonds. The maximum absolute atomic E-state index is 12.8. The molecule has 2 heterocycles. The molecule has 0 bridgehead atoms. The predicted molar refractivity (Wildman–Crippen MR) is 84.3 cm³/mol. The highest BCUT2D eigenvalue weighted by molar-refractivity contribution is 7.99. The third-order valence-electron chi connectivity index (χ3n) is 3.95. The van der Waals surface area contributed by atoms with Crippen LogP contribution in [0.25, 0.3) is 10.2 Å². The van der Waals surface area contributed by atoms with Crippen molar-refractivity contribution < 1.29 is 9.90 Å². The van der Waals surface area contributed by atoms with Crippen molar-refractivity contribution in [1.29, 1.82) is 0 Å². The Bertz CT molecular complexity index is 737. The lowest BCUT2D eigenvalue weighted by Gasteiger charge is -2.21. The van der Waals surface area contributed by atoms with Gasteiger partial charge in [0.05, 0.1) is 11.3 Å². The molecule has 1 aliphatic rings. The van der Waals surface area contributed by atoms with Gasteiger partial charge in [0.25, 0.3) is 5.56 Å². The van der Waals surface area contributed by atoms with Crippen molar-refractivity contribution in [3.63, 3.8) is 0 Å². The highest BCUT2D eigenvalue weighted by atomic mass is 32.2. The van der Waals surface area contributed by atoms with E-state index in [0.29, 0.717) is 21.3 Å². The van der Waals surface area contributed by atoms with Crippen LogP contribution in [-0.4, -0.2) is 26.4 Å². The number of thiophene rings is 1. The zero-order chi connectivity index (χ0) is 15.0. The standard InChI is InChI=1S/C14H16N2O3S2/c1-8-3-2-4-10(8)16-13(19)12-9(5-6-20-12)15-14(16)21-7-11(17)18/h5-6,8,10H,2-4,7H2,1H3,(H,17,18). The maximum atomic E-state index is 12.8. The summed E-state index contributed by atoms with van der Waals surface area (Å²) in [4.78, 5) is 28.1. The molecule has 0 saturated heterocycles. The number of hydrogen-bond acceptors (Lipinski definition) is 5. The maximum Gasteiger partial charge on any atom is 0.313 e. The smallest absolute Gasteiger partial charge is 0.313 e. The van der Waals surface area contributed by atoms with Gasteiger partial charge in [-0.3, -0.25) is 14.2 Å². The third kappa shape index (κ3) is 2.72. The van der Waals surface area contributed by atoms with Crippen molar-refractivity contribution >= 4 is 39.3 Å². The van der Waals surface area contributed by atoms with Gasteiger partial charge in [0.2, 0.25) is 0 Å². The van der Waals surface area contributed by atoms with Gasteiger partial charge in [-0.15, -0.1) is 11.3 Å². The summed E-state index contributed by atoms with van der Waals surface area (Å²) in [6.07, 6.45) is 3.16. The second-order valence-electron chi connectivity index (χ2n) is 5.36. The second-order valence-corrected chi connectivity index (χ2v) is 7.22. The number of hydrogen-bond donors (Lipinski definition) is 1. The number of fused-ring (bicyclic) bond motifs is 1. The van der Waals surface area contributed by atoms with Crippen molar-refractivity contribution in [2.45, 2.75) is 37.4 Å². The van der Waals surface area contributed by atoms with E-state index in [2.05, 4.69) is 11.9 Å². The molecule has 3 rings (SSSR count). The Morgan fingerprint density at radius 3 is 3.05 bits per heavy atom. The van der Waals surface area contributed by atoms with Crippen molar-refractivity contribution in [3.05, 3.63) is 21.8 Å². The van der Waals surface area contributed by atoms with Crippen molar-refractivity contribution in [3.8, 4) is 0 Å². The van der Waals surface area contributed by atoms with E-state index < -0.39 is 5.97 Å². The van der Waals surface area contributed by atoms with Gasteiger partial charge in [0, 0.05) is 6.04 Å². The fraction of sp³-hybridized carbons (Fsp3) is 0.500. The monoisotopic (exact) mass is 324 g/mol. The van der Waals surface area contributed by atoms with Crippen LogP contribution in [-0.2, 0) is 4.79 Å². The Kier molecular flexibility index (Phi) is 4.03. The van der Waals surface area contributed by atoms with Crippen LogP contribution in [0.15, 0.2) is 21.4 Å². The van der Waals surface area contributed by atoms with Crippen LogP contribution in [0.1, 0.15) is 32.2 Å². The summed E-state index contributed by atoms with van der Waals surface area (Å²) in [5.41, 5.74) is 0.640. The number of rotatable bonds is 4.